The molecular formula is C20H28BrN3O3S. The number of thiocarbonyl (C=S) groups is 1. The molecule has 6 nitrogen and oxygen atoms in total. The second-order valence-electron chi connectivity index (χ2n) is 7.29. The summed E-state index contributed by atoms with van der Waals surface area (Å²) < 4.78 is 6.11. The number of methoxy groups -OCH3 is 1. The highest BCUT2D eigenvalue weighted by Crippen LogP contribution is 2.37. The number of ether oxygens (including phenoxy) is 1. The second kappa shape index (κ2) is 9.80. The molecule has 1 heterocycles. The van der Waals surface area contributed by atoms with E-state index in [-0.39, 0.29) is 23.9 Å². The first kappa shape index (κ1) is 22.8. The molecule has 0 fully saturated rings. The number of hydrogen-bond acceptors (Lipinski definition) is 6. The average molecular weight is 470 g/mol. The maximum absolute atomic E-state index is 13.4. The summed E-state index contributed by atoms with van der Waals surface area (Å²) in [7, 11) is 1.51. The van der Waals surface area contributed by atoms with E-state index in [2.05, 4.69) is 26.4 Å². The van der Waals surface area contributed by atoms with Crippen molar-refractivity contribution in [3.63, 3.8) is 0 Å². The van der Waals surface area contributed by atoms with Gasteiger partial charge < -0.3 is 20.6 Å². The summed E-state index contributed by atoms with van der Waals surface area (Å²) in [5.74, 6) is -0.123. The van der Waals surface area contributed by atoms with Crippen molar-refractivity contribution in [1.82, 2.24) is 5.32 Å². The van der Waals surface area contributed by atoms with Gasteiger partial charge in [0.15, 0.2) is 5.05 Å². The Morgan fingerprint density at radius 1 is 1.43 bits per heavy atom. The Bertz CT molecular complexity index is 739. The maximum Gasteiger partial charge on any atom is 0.272 e. The van der Waals surface area contributed by atoms with E-state index in [9.17, 15) is 4.79 Å². The quantitative estimate of drug-likeness (QED) is 0.567. The number of benzene rings is 1. The van der Waals surface area contributed by atoms with Crippen LogP contribution in [0.4, 0.5) is 0 Å². The SMILES string of the molecule is CCC[C@H](NC(=O)C1(c2ccc(Br)cc2)CC([C@@H](N)C(C)C)=NO1)C(=S)OC. The summed E-state index contributed by atoms with van der Waals surface area (Å²) >= 11 is 8.70. The van der Waals surface area contributed by atoms with E-state index in [1.165, 1.54) is 7.11 Å². The fourth-order valence-corrected chi connectivity index (χ4v) is 3.54. The largest absolute Gasteiger partial charge is 0.488 e. The number of oxime groups is 1. The van der Waals surface area contributed by atoms with Gasteiger partial charge >= 0.3 is 0 Å². The third-order valence-corrected chi connectivity index (χ3v) is 5.88. The zero-order chi connectivity index (χ0) is 20.9. The predicted molar refractivity (Wildman–Crippen MR) is 118 cm³/mol. The Hall–Kier alpha value is -1.51. The number of amides is 1. The number of hydrogen-bond donors (Lipinski definition) is 2. The number of nitrogens with one attached hydrogen (secondary N) is 1. The van der Waals surface area contributed by atoms with Crippen molar-refractivity contribution in [2.24, 2.45) is 16.8 Å². The first-order valence-electron chi connectivity index (χ1n) is 9.40. The minimum Gasteiger partial charge on any atom is -0.488 e. The third kappa shape index (κ3) is 4.90. The van der Waals surface area contributed by atoms with E-state index >= 15 is 0 Å². The average Bonchev–Trinajstić information content (AvgIpc) is 3.13. The maximum atomic E-state index is 13.4. The molecule has 0 aromatic heterocycles. The Kier molecular flexibility index (Phi) is 7.97. The molecule has 1 unspecified atom stereocenters. The molecule has 1 aromatic rings. The van der Waals surface area contributed by atoms with E-state index in [0.29, 0.717) is 29.2 Å². The van der Waals surface area contributed by atoms with Crippen molar-refractivity contribution >= 4 is 44.8 Å². The minimum absolute atomic E-state index is 0.181. The molecule has 8 heteroatoms. The van der Waals surface area contributed by atoms with Crippen LogP contribution in [0.15, 0.2) is 33.9 Å². The summed E-state index contributed by atoms with van der Waals surface area (Å²) in [6.45, 7) is 6.05. The fraction of sp³-hybridized carbons (Fsp3) is 0.550. The van der Waals surface area contributed by atoms with Crippen molar-refractivity contribution in [2.75, 3.05) is 7.11 Å². The molecule has 28 heavy (non-hydrogen) atoms. The van der Waals surface area contributed by atoms with E-state index in [0.717, 1.165) is 10.9 Å². The summed E-state index contributed by atoms with van der Waals surface area (Å²) in [6.07, 6.45) is 1.81. The lowest BCUT2D eigenvalue weighted by Gasteiger charge is -2.29. The van der Waals surface area contributed by atoms with Crippen LogP contribution in [0.5, 0.6) is 0 Å². The molecule has 1 aliphatic rings. The van der Waals surface area contributed by atoms with Gasteiger partial charge in [0.05, 0.1) is 18.9 Å². The van der Waals surface area contributed by atoms with E-state index in [1.807, 2.05) is 45.0 Å². The topological polar surface area (TPSA) is 85.9 Å². The van der Waals surface area contributed by atoms with Crippen molar-refractivity contribution in [3.8, 4) is 0 Å². The molecule has 0 saturated heterocycles. The van der Waals surface area contributed by atoms with Gasteiger partial charge in [0.1, 0.15) is 0 Å². The molecule has 1 aromatic carbocycles. The molecular weight excluding hydrogens is 442 g/mol. The van der Waals surface area contributed by atoms with Crippen LogP contribution in [0.3, 0.4) is 0 Å². The molecule has 0 radical (unpaired) electrons. The lowest BCUT2D eigenvalue weighted by Crippen LogP contribution is -2.51. The van der Waals surface area contributed by atoms with Crippen molar-refractivity contribution in [3.05, 3.63) is 34.3 Å². The molecule has 0 aliphatic carbocycles. The molecule has 0 bridgehead atoms. The van der Waals surface area contributed by atoms with Crippen LogP contribution < -0.4 is 11.1 Å². The predicted octanol–water partition coefficient (Wildman–Crippen LogP) is 3.66. The van der Waals surface area contributed by atoms with Gasteiger partial charge in [-0.1, -0.05) is 60.4 Å². The van der Waals surface area contributed by atoms with Crippen molar-refractivity contribution < 1.29 is 14.4 Å². The third-order valence-electron chi connectivity index (χ3n) is 4.90. The summed E-state index contributed by atoms with van der Waals surface area (Å²) in [4.78, 5) is 19.2. The van der Waals surface area contributed by atoms with Gasteiger partial charge in [-0.15, -0.1) is 0 Å². The van der Waals surface area contributed by atoms with Gasteiger partial charge in [0, 0.05) is 22.5 Å². The fourth-order valence-electron chi connectivity index (χ4n) is 3.10. The number of carbonyl (C=O) groups is 1. The van der Waals surface area contributed by atoms with Gasteiger partial charge in [0.2, 0.25) is 5.60 Å². The van der Waals surface area contributed by atoms with Crippen molar-refractivity contribution in [1.29, 1.82) is 0 Å². The number of carbonyl (C=O) groups excluding carboxylic acids is 1. The highest BCUT2D eigenvalue weighted by Gasteiger charge is 2.50. The van der Waals surface area contributed by atoms with Gasteiger partial charge in [-0.2, -0.15) is 0 Å². The monoisotopic (exact) mass is 469 g/mol. The molecule has 3 atom stereocenters. The zero-order valence-corrected chi connectivity index (χ0v) is 19.1. The number of halogens is 1. The van der Waals surface area contributed by atoms with E-state index in [1.54, 1.807) is 0 Å². The van der Waals surface area contributed by atoms with Crippen LogP contribution in [0, 0.1) is 5.92 Å². The van der Waals surface area contributed by atoms with Crippen LogP contribution in [0.25, 0.3) is 0 Å². The Morgan fingerprint density at radius 3 is 2.61 bits per heavy atom. The normalized spacial score (nSPS) is 20.9. The van der Waals surface area contributed by atoms with Gasteiger partial charge in [-0.3, -0.25) is 4.79 Å². The Morgan fingerprint density at radius 2 is 2.07 bits per heavy atom. The molecule has 1 amide bonds. The van der Waals surface area contributed by atoms with Crippen LogP contribution in [0.2, 0.25) is 0 Å². The van der Waals surface area contributed by atoms with E-state index < -0.39 is 5.60 Å². The molecule has 2 rings (SSSR count). The molecule has 3 N–H and O–H groups in total. The number of nitrogens with zero attached hydrogens (tertiary/aromatic N) is 1. The van der Waals surface area contributed by atoms with E-state index in [4.69, 9.17) is 27.5 Å². The summed E-state index contributed by atoms with van der Waals surface area (Å²) in [5, 5.41) is 7.55. The highest BCUT2D eigenvalue weighted by atomic mass is 79.9. The van der Waals surface area contributed by atoms with Crippen LogP contribution >= 0.6 is 28.1 Å². The molecule has 154 valence electrons. The first-order chi connectivity index (χ1) is 13.2. The lowest BCUT2D eigenvalue weighted by molar-refractivity contribution is -0.145. The smallest absolute Gasteiger partial charge is 0.272 e. The van der Waals surface area contributed by atoms with Gasteiger partial charge in [-0.25, -0.2) is 0 Å². The zero-order valence-electron chi connectivity index (χ0n) is 16.7. The second-order valence-corrected chi connectivity index (χ2v) is 8.61. The van der Waals surface area contributed by atoms with Crippen molar-refractivity contribution in [2.45, 2.75) is 57.7 Å². The standard InChI is InChI=1S/C20H28BrN3O3S/c1-5-6-15(18(28)26-4)23-19(25)20(13-7-9-14(21)10-8-13)11-16(24-27-20)17(22)12(2)3/h7-10,12,15,17H,5-6,11,22H2,1-4H3,(H,23,25)/t15-,17-,20?/m0/s1. The molecule has 0 saturated carbocycles. The van der Waals surface area contributed by atoms with Crippen LogP contribution in [-0.4, -0.2) is 35.9 Å². The molecule has 0 spiro atoms. The Labute approximate surface area is 180 Å². The Balaban J connectivity index is 2.36. The summed E-state index contributed by atoms with van der Waals surface area (Å²) in [6, 6.07) is 6.79. The van der Waals surface area contributed by atoms with Gasteiger partial charge in [-0.05, 0) is 36.7 Å². The van der Waals surface area contributed by atoms with Gasteiger partial charge in [0.25, 0.3) is 5.91 Å². The van der Waals surface area contributed by atoms with Crippen LogP contribution in [-0.2, 0) is 20.0 Å². The number of rotatable bonds is 8. The minimum atomic E-state index is -1.28. The summed E-state index contributed by atoms with van der Waals surface area (Å²) in [5.41, 5.74) is 6.38. The highest BCUT2D eigenvalue weighted by molar-refractivity contribution is 9.10. The molecule has 1 aliphatic heterocycles. The van der Waals surface area contributed by atoms with Crippen LogP contribution in [0.1, 0.15) is 45.6 Å². The number of nitrogens with two attached hydrogens (primary N) is 1. The lowest BCUT2D eigenvalue weighted by atomic mass is 9.84. The first-order valence-corrected chi connectivity index (χ1v) is 10.6.